The van der Waals surface area contributed by atoms with Crippen molar-refractivity contribution in [2.75, 3.05) is 11.1 Å². The third kappa shape index (κ3) is 2.68. The average molecular weight is 283 g/mol. The maximum Gasteiger partial charge on any atom is 0.228 e. The smallest absolute Gasteiger partial charge is 0.228 e. The van der Waals surface area contributed by atoms with Crippen LogP contribution in [0.4, 0.5) is 11.9 Å². The van der Waals surface area contributed by atoms with Crippen molar-refractivity contribution in [3.05, 3.63) is 40.2 Å². The fourth-order valence-electron chi connectivity index (χ4n) is 3.09. The van der Waals surface area contributed by atoms with Gasteiger partial charge in [-0.15, -0.1) is 0 Å². The lowest BCUT2D eigenvalue weighted by Gasteiger charge is -2.15. The lowest BCUT2D eigenvalue weighted by molar-refractivity contribution is 0.745. The molecule has 5 nitrogen and oxygen atoms in total. The molecule has 2 aromatic rings. The largest absolute Gasteiger partial charge is 0.368 e. The summed E-state index contributed by atoms with van der Waals surface area (Å²) in [5.74, 6) is 1.59. The number of rotatable bonds is 3. The maximum atomic E-state index is 5.75. The van der Waals surface area contributed by atoms with Crippen LogP contribution in [-0.2, 0) is 12.8 Å². The molecule has 1 aromatic heterocycles. The molecule has 0 saturated heterocycles. The van der Waals surface area contributed by atoms with Crippen LogP contribution in [0.5, 0.6) is 0 Å². The van der Waals surface area contributed by atoms with Crippen LogP contribution < -0.4 is 11.1 Å². The number of nitrogens with one attached hydrogen (secondary N) is 1. The molecule has 0 saturated carbocycles. The van der Waals surface area contributed by atoms with Gasteiger partial charge in [-0.05, 0) is 43.4 Å². The van der Waals surface area contributed by atoms with Gasteiger partial charge in [0.05, 0.1) is 6.04 Å². The van der Waals surface area contributed by atoms with E-state index in [4.69, 9.17) is 5.73 Å². The van der Waals surface area contributed by atoms with Crippen LogP contribution in [0, 0.1) is 13.8 Å². The lowest BCUT2D eigenvalue weighted by Crippen LogP contribution is -2.13. The Morgan fingerprint density at radius 3 is 2.81 bits per heavy atom. The van der Waals surface area contributed by atoms with Gasteiger partial charge in [-0.3, -0.25) is 0 Å². The number of fused-ring (bicyclic) bond motifs is 1. The SMILES string of the molecule is CCc1nc(N)nc(NC2CCc3c(C)cc(C)cc32)n1. The molecule has 1 aromatic carbocycles. The first-order chi connectivity index (χ1) is 10.1. The standard InChI is InChI=1S/C16H21N5/c1-4-14-19-15(17)21-16(20-14)18-13-6-5-11-10(3)7-9(2)8-12(11)13/h7-8,13H,4-6H2,1-3H3,(H3,17,18,19,20,21). The fourth-order valence-corrected chi connectivity index (χ4v) is 3.09. The van der Waals surface area contributed by atoms with Crippen LogP contribution >= 0.6 is 0 Å². The van der Waals surface area contributed by atoms with E-state index in [0.717, 1.165) is 25.1 Å². The van der Waals surface area contributed by atoms with E-state index >= 15 is 0 Å². The zero-order chi connectivity index (χ0) is 15.0. The number of nitrogens with zero attached hydrogens (tertiary/aromatic N) is 3. The van der Waals surface area contributed by atoms with Crippen LogP contribution in [0.15, 0.2) is 12.1 Å². The van der Waals surface area contributed by atoms with Gasteiger partial charge in [0.1, 0.15) is 5.82 Å². The highest BCUT2D eigenvalue weighted by atomic mass is 15.2. The highest BCUT2D eigenvalue weighted by molar-refractivity contribution is 5.47. The first-order valence-corrected chi connectivity index (χ1v) is 7.43. The normalized spacial score (nSPS) is 16.8. The van der Waals surface area contributed by atoms with Gasteiger partial charge in [0, 0.05) is 6.42 Å². The van der Waals surface area contributed by atoms with E-state index in [9.17, 15) is 0 Å². The molecule has 110 valence electrons. The molecule has 0 amide bonds. The third-order valence-corrected chi connectivity index (χ3v) is 4.03. The van der Waals surface area contributed by atoms with Gasteiger partial charge < -0.3 is 11.1 Å². The molecular formula is C16H21N5. The van der Waals surface area contributed by atoms with Crippen molar-refractivity contribution in [3.8, 4) is 0 Å². The molecular weight excluding hydrogens is 262 g/mol. The van der Waals surface area contributed by atoms with Gasteiger partial charge in [0.25, 0.3) is 0 Å². The summed E-state index contributed by atoms with van der Waals surface area (Å²) in [5.41, 5.74) is 11.2. The quantitative estimate of drug-likeness (QED) is 0.905. The number of aryl methyl sites for hydroxylation is 3. The Kier molecular flexibility index (Phi) is 3.49. The average Bonchev–Trinajstić information content (AvgIpc) is 2.81. The molecule has 3 rings (SSSR count). The summed E-state index contributed by atoms with van der Waals surface area (Å²) in [4.78, 5) is 12.7. The Morgan fingerprint density at radius 1 is 1.24 bits per heavy atom. The van der Waals surface area contributed by atoms with Crippen molar-refractivity contribution >= 4 is 11.9 Å². The zero-order valence-corrected chi connectivity index (χ0v) is 12.8. The van der Waals surface area contributed by atoms with Gasteiger partial charge in [0.15, 0.2) is 0 Å². The number of hydrogen-bond acceptors (Lipinski definition) is 5. The Balaban J connectivity index is 1.90. The van der Waals surface area contributed by atoms with Crippen LogP contribution in [-0.4, -0.2) is 15.0 Å². The fraction of sp³-hybridized carbons (Fsp3) is 0.438. The Morgan fingerprint density at radius 2 is 2.05 bits per heavy atom. The van der Waals surface area contributed by atoms with Crippen molar-refractivity contribution in [2.45, 2.75) is 46.1 Å². The monoisotopic (exact) mass is 283 g/mol. The number of anilines is 2. The van der Waals surface area contributed by atoms with Crippen molar-refractivity contribution < 1.29 is 0 Å². The number of nitrogens with two attached hydrogens (primary N) is 1. The number of nitrogen functional groups attached to an aromatic ring is 1. The minimum atomic E-state index is 0.255. The number of benzene rings is 1. The summed E-state index contributed by atoms with van der Waals surface area (Å²) in [5, 5.41) is 3.42. The molecule has 0 spiro atoms. The molecule has 0 radical (unpaired) electrons. The highest BCUT2D eigenvalue weighted by Gasteiger charge is 2.24. The van der Waals surface area contributed by atoms with Crippen molar-refractivity contribution in [1.82, 2.24) is 15.0 Å². The molecule has 1 heterocycles. The third-order valence-electron chi connectivity index (χ3n) is 4.03. The predicted octanol–water partition coefficient (Wildman–Crippen LogP) is 2.73. The van der Waals surface area contributed by atoms with Crippen molar-refractivity contribution in [1.29, 1.82) is 0 Å². The number of aromatic nitrogens is 3. The van der Waals surface area contributed by atoms with Crippen LogP contribution in [0.25, 0.3) is 0 Å². The summed E-state index contributed by atoms with van der Waals surface area (Å²) >= 11 is 0. The second kappa shape index (κ2) is 5.31. The van der Waals surface area contributed by atoms with Gasteiger partial charge in [-0.25, -0.2) is 0 Å². The van der Waals surface area contributed by atoms with Gasteiger partial charge in [0.2, 0.25) is 11.9 Å². The lowest BCUT2D eigenvalue weighted by atomic mass is 10.00. The molecule has 5 heteroatoms. The van der Waals surface area contributed by atoms with E-state index in [-0.39, 0.29) is 12.0 Å². The summed E-state index contributed by atoms with van der Waals surface area (Å²) < 4.78 is 0. The summed E-state index contributed by atoms with van der Waals surface area (Å²) in [7, 11) is 0. The highest BCUT2D eigenvalue weighted by Crippen LogP contribution is 2.35. The Hall–Kier alpha value is -2.17. The topological polar surface area (TPSA) is 76.7 Å². The number of hydrogen-bond donors (Lipinski definition) is 2. The minimum absolute atomic E-state index is 0.255. The van der Waals surface area contributed by atoms with Crippen molar-refractivity contribution in [3.63, 3.8) is 0 Å². The summed E-state index contributed by atoms with van der Waals surface area (Å²) in [6.45, 7) is 6.33. The molecule has 1 unspecified atom stereocenters. The Labute approximate surface area is 125 Å². The molecule has 1 atom stereocenters. The van der Waals surface area contributed by atoms with Gasteiger partial charge in [-0.2, -0.15) is 15.0 Å². The summed E-state index contributed by atoms with van der Waals surface area (Å²) in [6.07, 6.45) is 2.91. The predicted molar refractivity (Wildman–Crippen MR) is 84.2 cm³/mol. The van der Waals surface area contributed by atoms with Gasteiger partial charge >= 0.3 is 0 Å². The van der Waals surface area contributed by atoms with Crippen molar-refractivity contribution in [2.24, 2.45) is 0 Å². The molecule has 0 bridgehead atoms. The van der Waals surface area contributed by atoms with Crippen LogP contribution in [0.3, 0.4) is 0 Å². The second-order valence-corrected chi connectivity index (χ2v) is 5.67. The van der Waals surface area contributed by atoms with E-state index in [1.807, 2.05) is 6.92 Å². The maximum absolute atomic E-state index is 5.75. The molecule has 0 fully saturated rings. The first-order valence-electron chi connectivity index (χ1n) is 7.43. The molecule has 21 heavy (non-hydrogen) atoms. The van der Waals surface area contributed by atoms with E-state index in [1.54, 1.807) is 0 Å². The molecule has 1 aliphatic carbocycles. The molecule has 1 aliphatic rings. The Bertz CT molecular complexity index is 681. The second-order valence-electron chi connectivity index (χ2n) is 5.67. The van der Waals surface area contributed by atoms with Gasteiger partial charge in [-0.1, -0.05) is 24.6 Å². The first kappa shape index (κ1) is 13.8. The van der Waals surface area contributed by atoms with E-state index in [2.05, 4.69) is 46.2 Å². The van der Waals surface area contributed by atoms with E-state index < -0.39 is 0 Å². The van der Waals surface area contributed by atoms with E-state index in [0.29, 0.717) is 5.95 Å². The molecule has 0 aliphatic heterocycles. The zero-order valence-electron chi connectivity index (χ0n) is 12.8. The van der Waals surface area contributed by atoms with Crippen LogP contribution in [0.2, 0.25) is 0 Å². The molecule has 3 N–H and O–H groups in total. The van der Waals surface area contributed by atoms with Crippen LogP contribution in [0.1, 0.15) is 47.5 Å². The summed E-state index contributed by atoms with van der Waals surface area (Å²) in [6, 6.07) is 4.76. The minimum Gasteiger partial charge on any atom is -0.368 e. The van der Waals surface area contributed by atoms with E-state index in [1.165, 1.54) is 22.3 Å².